The third kappa shape index (κ3) is 2.58. The van der Waals surface area contributed by atoms with Crippen molar-refractivity contribution in [2.45, 2.75) is 37.6 Å². The molecule has 3 rings (SSSR count). The van der Waals surface area contributed by atoms with E-state index in [0.717, 1.165) is 32.1 Å². The molecule has 1 fully saturated rings. The molecule has 6 nitrogen and oxygen atoms in total. The summed E-state index contributed by atoms with van der Waals surface area (Å²) >= 11 is 1.34. The van der Waals surface area contributed by atoms with Crippen LogP contribution in [0.25, 0.3) is 4.96 Å². The molecule has 21 heavy (non-hydrogen) atoms. The standard InChI is InChI=1S/C14H17N3O3S/c18-9-14(4-2-1-3-5-14)16-11(19)10-8-15-13-17(12(10)20)6-7-21-13/h6-8,18H,1-5,9H2,(H,16,19). The molecule has 1 aliphatic carbocycles. The molecule has 1 amide bonds. The van der Waals surface area contributed by atoms with Gasteiger partial charge in [0, 0.05) is 17.8 Å². The van der Waals surface area contributed by atoms with E-state index in [1.165, 1.54) is 21.9 Å². The van der Waals surface area contributed by atoms with Crippen LogP contribution in [0.1, 0.15) is 42.5 Å². The smallest absolute Gasteiger partial charge is 0.271 e. The fraction of sp³-hybridized carbons (Fsp3) is 0.500. The number of hydrogen-bond donors (Lipinski definition) is 2. The summed E-state index contributed by atoms with van der Waals surface area (Å²) in [4.78, 5) is 29.3. The molecule has 0 aliphatic heterocycles. The molecule has 112 valence electrons. The number of hydrogen-bond acceptors (Lipinski definition) is 5. The number of amides is 1. The first kappa shape index (κ1) is 14.2. The SMILES string of the molecule is O=C(NC1(CO)CCCCC1)c1cnc2sccn2c1=O. The van der Waals surface area contributed by atoms with Gasteiger partial charge in [0.15, 0.2) is 4.96 Å². The molecule has 1 saturated carbocycles. The van der Waals surface area contributed by atoms with Crippen LogP contribution < -0.4 is 10.9 Å². The highest BCUT2D eigenvalue weighted by Gasteiger charge is 2.33. The first-order chi connectivity index (χ1) is 10.2. The van der Waals surface area contributed by atoms with Crippen LogP contribution in [-0.2, 0) is 0 Å². The maximum Gasteiger partial charge on any atom is 0.271 e. The normalized spacial score (nSPS) is 17.8. The molecular formula is C14H17N3O3S. The molecule has 0 atom stereocenters. The van der Waals surface area contributed by atoms with E-state index in [2.05, 4.69) is 10.3 Å². The number of thiazole rings is 1. The number of rotatable bonds is 3. The van der Waals surface area contributed by atoms with Gasteiger partial charge in [-0.2, -0.15) is 0 Å². The molecule has 0 unspecified atom stereocenters. The van der Waals surface area contributed by atoms with Gasteiger partial charge < -0.3 is 10.4 Å². The predicted octanol–water partition coefficient (Wildman–Crippen LogP) is 1.18. The Morgan fingerprint density at radius 1 is 1.43 bits per heavy atom. The first-order valence-corrected chi connectivity index (χ1v) is 7.91. The molecular weight excluding hydrogens is 290 g/mol. The van der Waals surface area contributed by atoms with Crippen molar-refractivity contribution in [3.8, 4) is 0 Å². The Hall–Kier alpha value is -1.73. The molecule has 2 aromatic rings. The van der Waals surface area contributed by atoms with E-state index in [0.29, 0.717) is 4.96 Å². The molecule has 0 aromatic carbocycles. The Kier molecular flexibility index (Phi) is 3.77. The molecule has 0 spiro atoms. The van der Waals surface area contributed by atoms with E-state index in [4.69, 9.17) is 0 Å². The topological polar surface area (TPSA) is 83.7 Å². The van der Waals surface area contributed by atoms with E-state index in [9.17, 15) is 14.7 Å². The maximum atomic E-state index is 12.4. The van der Waals surface area contributed by atoms with Crippen molar-refractivity contribution in [1.82, 2.24) is 14.7 Å². The third-order valence-electron chi connectivity index (χ3n) is 4.08. The minimum atomic E-state index is -0.601. The van der Waals surface area contributed by atoms with E-state index < -0.39 is 11.4 Å². The highest BCUT2D eigenvalue weighted by molar-refractivity contribution is 7.15. The first-order valence-electron chi connectivity index (χ1n) is 7.03. The van der Waals surface area contributed by atoms with Gasteiger partial charge in [-0.3, -0.25) is 14.0 Å². The number of aliphatic hydroxyl groups is 1. The van der Waals surface area contributed by atoms with Crippen LogP contribution in [0, 0.1) is 0 Å². The fourth-order valence-electron chi connectivity index (χ4n) is 2.84. The Bertz CT molecular complexity index is 716. The van der Waals surface area contributed by atoms with Crippen LogP contribution >= 0.6 is 11.3 Å². The fourth-order valence-corrected chi connectivity index (χ4v) is 3.51. The van der Waals surface area contributed by atoms with Crippen molar-refractivity contribution < 1.29 is 9.90 Å². The van der Waals surface area contributed by atoms with Gasteiger partial charge in [0.1, 0.15) is 5.56 Å². The molecule has 7 heteroatoms. The summed E-state index contributed by atoms with van der Waals surface area (Å²) < 4.78 is 1.37. The summed E-state index contributed by atoms with van der Waals surface area (Å²) in [7, 11) is 0. The van der Waals surface area contributed by atoms with Crippen LogP contribution in [-0.4, -0.2) is 32.5 Å². The zero-order chi connectivity index (χ0) is 14.9. The van der Waals surface area contributed by atoms with E-state index in [-0.39, 0.29) is 17.7 Å². The second kappa shape index (κ2) is 5.57. The number of carbonyl (C=O) groups excluding carboxylic acids is 1. The van der Waals surface area contributed by atoms with Gasteiger partial charge in [-0.05, 0) is 12.8 Å². The van der Waals surface area contributed by atoms with Crippen LogP contribution in [0.5, 0.6) is 0 Å². The van der Waals surface area contributed by atoms with E-state index in [1.807, 2.05) is 0 Å². The Balaban J connectivity index is 1.89. The van der Waals surface area contributed by atoms with Gasteiger partial charge in [0.2, 0.25) is 0 Å². The molecule has 2 aromatic heterocycles. The third-order valence-corrected chi connectivity index (χ3v) is 4.85. The quantitative estimate of drug-likeness (QED) is 0.892. The van der Waals surface area contributed by atoms with Gasteiger partial charge in [0.25, 0.3) is 11.5 Å². The summed E-state index contributed by atoms with van der Waals surface area (Å²) in [5, 5.41) is 14.2. The second-order valence-corrected chi connectivity index (χ2v) is 6.36. The molecule has 2 heterocycles. The summed E-state index contributed by atoms with van der Waals surface area (Å²) in [6.07, 6.45) is 7.47. The highest BCUT2D eigenvalue weighted by Crippen LogP contribution is 2.27. The van der Waals surface area contributed by atoms with Gasteiger partial charge in [-0.15, -0.1) is 11.3 Å². The minimum Gasteiger partial charge on any atom is -0.394 e. The Morgan fingerprint density at radius 3 is 2.90 bits per heavy atom. The van der Waals surface area contributed by atoms with Crippen LogP contribution in [0.15, 0.2) is 22.6 Å². The van der Waals surface area contributed by atoms with Crippen molar-refractivity contribution in [3.63, 3.8) is 0 Å². The molecule has 1 aliphatic rings. The number of nitrogens with zero attached hydrogens (tertiary/aromatic N) is 2. The van der Waals surface area contributed by atoms with Crippen molar-refractivity contribution in [1.29, 1.82) is 0 Å². The number of nitrogens with one attached hydrogen (secondary N) is 1. The average molecular weight is 307 g/mol. The summed E-state index contributed by atoms with van der Waals surface area (Å²) in [6, 6.07) is 0. The van der Waals surface area contributed by atoms with Crippen molar-refractivity contribution in [3.05, 3.63) is 33.7 Å². The zero-order valence-electron chi connectivity index (χ0n) is 11.5. The van der Waals surface area contributed by atoms with Crippen LogP contribution in [0.3, 0.4) is 0 Å². The number of carbonyl (C=O) groups is 1. The maximum absolute atomic E-state index is 12.4. The Morgan fingerprint density at radius 2 is 2.19 bits per heavy atom. The van der Waals surface area contributed by atoms with Gasteiger partial charge in [-0.25, -0.2) is 4.98 Å². The van der Waals surface area contributed by atoms with Gasteiger partial charge in [0.05, 0.1) is 12.1 Å². The summed E-state index contributed by atoms with van der Waals surface area (Å²) in [6.45, 7) is -0.103. The Labute approximate surface area is 125 Å². The molecule has 2 N–H and O–H groups in total. The monoisotopic (exact) mass is 307 g/mol. The van der Waals surface area contributed by atoms with Gasteiger partial charge >= 0.3 is 0 Å². The number of aromatic nitrogens is 2. The lowest BCUT2D eigenvalue weighted by Crippen LogP contribution is -2.53. The van der Waals surface area contributed by atoms with E-state index in [1.54, 1.807) is 11.6 Å². The number of fused-ring (bicyclic) bond motifs is 1. The van der Waals surface area contributed by atoms with Crippen molar-refractivity contribution in [2.24, 2.45) is 0 Å². The van der Waals surface area contributed by atoms with Crippen LogP contribution in [0.2, 0.25) is 0 Å². The van der Waals surface area contributed by atoms with Crippen molar-refractivity contribution in [2.75, 3.05) is 6.61 Å². The molecule has 0 radical (unpaired) electrons. The largest absolute Gasteiger partial charge is 0.394 e. The van der Waals surface area contributed by atoms with Gasteiger partial charge in [-0.1, -0.05) is 19.3 Å². The van der Waals surface area contributed by atoms with E-state index >= 15 is 0 Å². The highest BCUT2D eigenvalue weighted by atomic mass is 32.1. The summed E-state index contributed by atoms with van der Waals surface area (Å²) in [5.41, 5.74) is -0.956. The van der Waals surface area contributed by atoms with Crippen LogP contribution in [0.4, 0.5) is 0 Å². The predicted molar refractivity (Wildman–Crippen MR) is 79.7 cm³/mol. The number of aliphatic hydroxyl groups excluding tert-OH is 1. The zero-order valence-corrected chi connectivity index (χ0v) is 12.4. The average Bonchev–Trinajstić information content (AvgIpc) is 2.98. The minimum absolute atomic E-state index is 0.0179. The molecule has 0 bridgehead atoms. The lowest BCUT2D eigenvalue weighted by atomic mass is 9.82. The summed E-state index contributed by atoms with van der Waals surface area (Å²) in [5.74, 6) is -0.455. The lowest BCUT2D eigenvalue weighted by molar-refractivity contribution is 0.0756. The second-order valence-electron chi connectivity index (χ2n) is 5.49. The lowest BCUT2D eigenvalue weighted by Gasteiger charge is -2.36. The molecule has 0 saturated heterocycles. The van der Waals surface area contributed by atoms with Crippen molar-refractivity contribution >= 4 is 22.2 Å².